The van der Waals surface area contributed by atoms with Crippen molar-refractivity contribution >= 4 is 45.0 Å². The van der Waals surface area contributed by atoms with Crippen LogP contribution in [-0.2, 0) is 24.4 Å². The second-order valence-corrected chi connectivity index (χ2v) is 6.41. The highest BCUT2D eigenvalue weighted by atomic mass is 35.5. The lowest BCUT2D eigenvalue weighted by atomic mass is 10.2. The van der Waals surface area contributed by atoms with Gasteiger partial charge in [-0.15, -0.1) is 0 Å². The second-order valence-electron chi connectivity index (χ2n) is 4.67. The molecule has 1 aromatic carbocycles. The molecule has 1 N–H and O–H groups in total. The Hall–Kier alpha value is -1.97. The van der Waals surface area contributed by atoms with Gasteiger partial charge in [0.2, 0.25) is 0 Å². The summed E-state index contributed by atoms with van der Waals surface area (Å²) in [6.45, 7) is 3.25. The first kappa shape index (κ1) is 17.4. The molecular weight excluding hydrogens is 348 g/mol. The maximum atomic E-state index is 12.1. The molecule has 0 unspecified atom stereocenters. The number of hydrogen-bond acceptors (Lipinski definition) is 6. The standard InChI is InChI=1S/C13H13ClN2O6S/c1-3-22-13(18)8-6-10(17)16(15-8)9-5-4-7(2)11(14)12(9)23(19,20)21/h4-5H,3,6H2,1-2H3,(H,19,20,21). The molecule has 0 fully saturated rings. The number of carbonyl (C=O) groups excluding carboxylic acids is 2. The number of aryl methyl sites for hydroxylation is 1. The summed E-state index contributed by atoms with van der Waals surface area (Å²) in [7, 11) is -4.71. The summed E-state index contributed by atoms with van der Waals surface area (Å²) in [5.74, 6) is -1.41. The molecule has 0 radical (unpaired) electrons. The number of ether oxygens (including phenoxy) is 1. The summed E-state index contributed by atoms with van der Waals surface area (Å²) < 4.78 is 37.3. The van der Waals surface area contributed by atoms with Gasteiger partial charge in [0.25, 0.3) is 16.0 Å². The predicted molar refractivity (Wildman–Crippen MR) is 82.2 cm³/mol. The van der Waals surface area contributed by atoms with Crippen LogP contribution in [0.25, 0.3) is 0 Å². The number of anilines is 1. The number of nitrogens with zero attached hydrogens (tertiary/aromatic N) is 2. The van der Waals surface area contributed by atoms with Crippen molar-refractivity contribution < 1.29 is 27.3 Å². The molecule has 0 saturated heterocycles. The smallest absolute Gasteiger partial charge is 0.355 e. The molecule has 0 saturated carbocycles. The van der Waals surface area contributed by atoms with E-state index in [1.807, 2.05) is 0 Å². The molecule has 1 aliphatic rings. The summed E-state index contributed by atoms with van der Waals surface area (Å²) in [4.78, 5) is 23.1. The van der Waals surface area contributed by atoms with Crippen molar-refractivity contribution in [2.45, 2.75) is 25.2 Å². The van der Waals surface area contributed by atoms with Crippen LogP contribution >= 0.6 is 11.6 Å². The van der Waals surface area contributed by atoms with Crippen molar-refractivity contribution in [2.24, 2.45) is 5.10 Å². The first-order chi connectivity index (χ1) is 10.7. The third kappa shape index (κ3) is 3.36. The van der Waals surface area contributed by atoms with Gasteiger partial charge in [0, 0.05) is 0 Å². The highest BCUT2D eigenvalue weighted by Gasteiger charge is 2.34. The van der Waals surface area contributed by atoms with Crippen LogP contribution in [0.5, 0.6) is 0 Å². The summed E-state index contributed by atoms with van der Waals surface area (Å²) in [5.41, 5.74) is 0.00603. The van der Waals surface area contributed by atoms with Gasteiger partial charge in [0.1, 0.15) is 4.90 Å². The molecule has 23 heavy (non-hydrogen) atoms. The Labute approximate surface area is 137 Å². The molecule has 124 valence electrons. The fourth-order valence-electron chi connectivity index (χ4n) is 2.00. The fraction of sp³-hybridized carbons (Fsp3) is 0.308. The molecule has 0 aromatic heterocycles. The van der Waals surface area contributed by atoms with Gasteiger partial charge < -0.3 is 4.74 Å². The Morgan fingerprint density at radius 1 is 1.48 bits per heavy atom. The van der Waals surface area contributed by atoms with Gasteiger partial charge >= 0.3 is 5.97 Å². The lowest BCUT2D eigenvalue weighted by Gasteiger charge is -2.16. The van der Waals surface area contributed by atoms with E-state index in [2.05, 4.69) is 5.10 Å². The maximum Gasteiger partial charge on any atom is 0.355 e. The van der Waals surface area contributed by atoms with Gasteiger partial charge in [-0.1, -0.05) is 17.7 Å². The van der Waals surface area contributed by atoms with Crippen molar-refractivity contribution in [1.29, 1.82) is 0 Å². The molecule has 8 nitrogen and oxygen atoms in total. The van der Waals surface area contributed by atoms with E-state index in [0.717, 1.165) is 5.01 Å². The molecule has 0 aliphatic carbocycles. The minimum absolute atomic E-state index is 0.110. The van der Waals surface area contributed by atoms with Crippen LogP contribution in [0.15, 0.2) is 22.1 Å². The molecule has 0 atom stereocenters. The number of hydrazone groups is 1. The number of amides is 1. The van der Waals surface area contributed by atoms with Gasteiger partial charge in [-0.3, -0.25) is 9.35 Å². The number of hydrogen-bond donors (Lipinski definition) is 1. The lowest BCUT2D eigenvalue weighted by Crippen LogP contribution is -2.22. The summed E-state index contributed by atoms with van der Waals surface area (Å²) >= 11 is 5.94. The highest BCUT2D eigenvalue weighted by molar-refractivity contribution is 7.86. The maximum absolute atomic E-state index is 12.1. The van der Waals surface area contributed by atoms with Gasteiger partial charge in [0.05, 0.1) is 23.7 Å². The van der Waals surface area contributed by atoms with E-state index >= 15 is 0 Å². The third-order valence-electron chi connectivity index (χ3n) is 3.04. The molecular formula is C13H13ClN2O6S. The van der Waals surface area contributed by atoms with Gasteiger partial charge in [-0.25, -0.2) is 4.79 Å². The van der Waals surface area contributed by atoms with Crippen LogP contribution in [0.3, 0.4) is 0 Å². The van der Waals surface area contributed by atoms with Crippen LogP contribution < -0.4 is 5.01 Å². The zero-order valence-corrected chi connectivity index (χ0v) is 13.8. The largest absolute Gasteiger partial charge is 0.461 e. The van der Waals surface area contributed by atoms with Crippen molar-refractivity contribution in [2.75, 3.05) is 11.6 Å². The summed E-state index contributed by atoms with van der Waals surface area (Å²) in [5, 5.41) is 4.29. The van der Waals surface area contributed by atoms with Crippen molar-refractivity contribution in [3.05, 3.63) is 22.7 Å². The molecule has 10 heteroatoms. The first-order valence-electron chi connectivity index (χ1n) is 6.51. The van der Waals surface area contributed by atoms with E-state index in [1.54, 1.807) is 13.8 Å². The molecule has 1 aromatic rings. The van der Waals surface area contributed by atoms with Crippen LogP contribution in [0.4, 0.5) is 5.69 Å². The van der Waals surface area contributed by atoms with E-state index in [4.69, 9.17) is 16.3 Å². The minimum atomic E-state index is -4.71. The van der Waals surface area contributed by atoms with Crippen LogP contribution in [-0.4, -0.2) is 37.2 Å². The van der Waals surface area contributed by atoms with E-state index in [1.165, 1.54) is 12.1 Å². The second kappa shape index (κ2) is 6.26. The topological polar surface area (TPSA) is 113 Å². The molecule has 1 aliphatic heterocycles. The van der Waals surface area contributed by atoms with Gasteiger partial charge in [0.15, 0.2) is 5.71 Å². The number of benzene rings is 1. The van der Waals surface area contributed by atoms with Crippen LogP contribution in [0, 0.1) is 6.92 Å². The van der Waals surface area contributed by atoms with E-state index in [0.29, 0.717) is 5.56 Å². The predicted octanol–water partition coefficient (Wildman–Crippen LogP) is 1.55. The number of halogens is 1. The van der Waals surface area contributed by atoms with Crippen molar-refractivity contribution in [1.82, 2.24) is 0 Å². The van der Waals surface area contributed by atoms with Crippen LogP contribution in [0.2, 0.25) is 5.02 Å². The average Bonchev–Trinajstić information content (AvgIpc) is 2.82. The van der Waals surface area contributed by atoms with Gasteiger partial charge in [-0.2, -0.15) is 18.5 Å². The van der Waals surface area contributed by atoms with Gasteiger partial charge in [-0.05, 0) is 25.5 Å². The first-order valence-corrected chi connectivity index (χ1v) is 8.32. The monoisotopic (exact) mass is 360 g/mol. The van der Waals surface area contributed by atoms with Crippen molar-refractivity contribution in [3.8, 4) is 0 Å². The van der Waals surface area contributed by atoms with Crippen molar-refractivity contribution in [3.63, 3.8) is 0 Å². The zero-order chi connectivity index (χ0) is 17.4. The van der Waals surface area contributed by atoms with E-state index in [9.17, 15) is 22.6 Å². The molecule has 1 heterocycles. The minimum Gasteiger partial charge on any atom is -0.461 e. The summed E-state index contributed by atoms with van der Waals surface area (Å²) in [6.07, 6.45) is -0.338. The Bertz CT molecular complexity index is 818. The zero-order valence-electron chi connectivity index (χ0n) is 12.2. The van der Waals surface area contributed by atoms with E-state index in [-0.39, 0.29) is 29.4 Å². The Kier molecular flexibility index (Phi) is 4.73. The normalized spacial score (nSPS) is 14.9. The Balaban J connectivity index is 2.57. The average molecular weight is 361 g/mol. The quantitative estimate of drug-likeness (QED) is 0.643. The molecule has 2 rings (SSSR count). The molecule has 0 bridgehead atoms. The van der Waals surface area contributed by atoms with Crippen LogP contribution in [0.1, 0.15) is 18.9 Å². The number of esters is 1. The molecule has 1 amide bonds. The SMILES string of the molecule is CCOC(=O)C1=NN(c2ccc(C)c(Cl)c2S(=O)(=O)O)C(=O)C1. The Morgan fingerprint density at radius 3 is 2.70 bits per heavy atom. The number of carbonyl (C=O) groups is 2. The Morgan fingerprint density at radius 2 is 2.13 bits per heavy atom. The summed E-state index contributed by atoms with van der Waals surface area (Å²) in [6, 6.07) is 2.75. The van der Waals surface area contributed by atoms with E-state index < -0.39 is 26.9 Å². The fourth-order valence-corrected chi connectivity index (χ4v) is 3.26. The lowest BCUT2D eigenvalue weighted by molar-refractivity contribution is -0.135. The third-order valence-corrected chi connectivity index (χ3v) is 4.57. The number of rotatable bonds is 4. The highest BCUT2D eigenvalue weighted by Crippen LogP contribution is 2.36. The molecule has 0 spiro atoms.